The standard InChI is InChI=1S/C16H25NO/c1-13(8-9-14-6-4-3-5-7-14)17-16(12-18-2)15-10-11-15/h3-7,13,15-17H,8-12H2,1-2H3. The molecule has 2 atom stereocenters. The summed E-state index contributed by atoms with van der Waals surface area (Å²) in [7, 11) is 1.80. The van der Waals surface area contributed by atoms with E-state index in [0.29, 0.717) is 12.1 Å². The zero-order valence-corrected chi connectivity index (χ0v) is 11.6. The molecule has 2 rings (SSSR count). The highest BCUT2D eigenvalue weighted by atomic mass is 16.5. The Morgan fingerprint density at radius 1 is 1.28 bits per heavy atom. The van der Waals surface area contributed by atoms with E-state index in [0.717, 1.165) is 18.9 Å². The number of benzene rings is 1. The first kappa shape index (κ1) is 13.6. The molecule has 100 valence electrons. The average Bonchev–Trinajstić information content (AvgIpc) is 3.21. The van der Waals surface area contributed by atoms with Gasteiger partial charge in [0, 0.05) is 19.2 Å². The summed E-state index contributed by atoms with van der Waals surface area (Å²) < 4.78 is 5.31. The molecule has 0 radical (unpaired) electrons. The zero-order chi connectivity index (χ0) is 12.8. The van der Waals surface area contributed by atoms with Crippen LogP contribution in [0.1, 0.15) is 31.7 Å². The molecular weight excluding hydrogens is 222 g/mol. The quantitative estimate of drug-likeness (QED) is 0.762. The lowest BCUT2D eigenvalue weighted by atomic mass is 10.0. The minimum Gasteiger partial charge on any atom is -0.383 e. The molecule has 1 aromatic carbocycles. The van der Waals surface area contributed by atoms with Crippen LogP contribution < -0.4 is 5.32 Å². The predicted octanol–water partition coefficient (Wildman–Crippen LogP) is 3.02. The fourth-order valence-electron chi connectivity index (χ4n) is 2.48. The van der Waals surface area contributed by atoms with Gasteiger partial charge in [-0.2, -0.15) is 0 Å². The highest BCUT2D eigenvalue weighted by molar-refractivity contribution is 5.14. The van der Waals surface area contributed by atoms with Gasteiger partial charge in [-0.1, -0.05) is 30.3 Å². The normalized spacial score (nSPS) is 18.6. The fourth-order valence-corrected chi connectivity index (χ4v) is 2.48. The number of hydrogen-bond donors (Lipinski definition) is 1. The second-order valence-corrected chi connectivity index (χ2v) is 5.49. The third kappa shape index (κ3) is 4.43. The van der Waals surface area contributed by atoms with Gasteiger partial charge < -0.3 is 10.1 Å². The molecule has 1 fully saturated rings. The number of nitrogens with one attached hydrogen (secondary N) is 1. The molecule has 1 aromatic rings. The summed E-state index contributed by atoms with van der Waals surface area (Å²) in [5.74, 6) is 0.851. The third-order valence-electron chi connectivity index (χ3n) is 3.74. The van der Waals surface area contributed by atoms with Crippen LogP contribution in [0.2, 0.25) is 0 Å². The molecule has 1 aliphatic rings. The molecule has 1 aliphatic carbocycles. The first-order valence-electron chi connectivity index (χ1n) is 7.08. The summed E-state index contributed by atoms with van der Waals surface area (Å²) in [5, 5.41) is 3.73. The summed E-state index contributed by atoms with van der Waals surface area (Å²) >= 11 is 0. The van der Waals surface area contributed by atoms with E-state index in [1.165, 1.54) is 24.8 Å². The van der Waals surface area contributed by atoms with Crippen molar-refractivity contribution in [3.63, 3.8) is 0 Å². The zero-order valence-electron chi connectivity index (χ0n) is 11.6. The molecule has 18 heavy (non-hydrogen) atoms. The molecule has 0 bridgehead atoms. The smallest absolute Gasteiger partial charge is 0.0618 e. The van der Waals surface area contributed by atoms with Gasteiger partial charge in [0.25, 0.3) is 0 Å². The Balaban J connectivity index is 1.72. The van der Waals surface area contributed by atoms with E-state index in [2.05, 4.69) is 42.6 Å². The number of hydrogen-bond acceptors (Lipinski definition) is 2. The number of aryl methyl sites for hydroxylation is 1. The van der Waals surface area contributed by atoms with Crippen molar-refractivity contribution < 1.29 is 4.74 Å². The Labute approximate surface area is 111 Å². The lowest BCUT2D eigenvalue weighted by Gasteiger charge is -2.22. The van der Waals surface area contributed by atoms with Crippen molar-refractivity contribution in [1.82, 2.24) is 5.32 Å². The Kier molecular flexibility index (Phi) is 5.21. The number of rotatable bonds is 8. The topological polar surface area (TPSA) is 21.3 Å². The molecule has 1 saturated carbocycles. The molecule has 0 amide bonds. The molecular formula is C16H25NO. The minimum absolute atomic E-state index is 0.556. The Hall–Kier alpha value is -0.860. The summed E-state index contributed by atoms with van der Waals surface area (Å²) in [6.07, 6.45) is 5.08. The van der Waals surface area contributed by atoms with Crippen LogP contribution in [-0.2, 0) is 11.2 Å². The van der Waals surface area contributed by atoms with Gasteiger partial charge in [-0.15, -0.1) is 0 Å². The van der Waals surface area contributed by atoms with Crippen molar-refractivity contribution in [1.29, 1.82) is 0 Å². The molecule has 2 heteroatoms. The van der Waals surface area contributed by atoms with Crippen molar-refractivity contribution >= 4 is 0 Å². The van der Waals surface area contributed by atoms with Crippen LogP contribution >= 0.6 is 0 Å². The number of ether oxygens (including phenoxy) is 1. The van der Waals surface area contributed by atoms with Crippen molar-refractivity contribution in [2.75, 3.05) is 13.7 Å². The van der Waals surface area contributed by atoms with Crippen LogP contribution in [0.5, 0.6) is 0 Å². The van der Waals surface area contributed by atoms with E-state index in [4.69, 9.17) is 4.74 Å². The lowest BCUT2D eigenvalue weighted by Crippen LogP contribution is -2.41. The summed E-state index contributed by atoms with van der Waals surface area (Å²) in [6, 6.07) is 11.8. The maximum absolute atomic E-state index is 5.31. The average molecular weight is 247 g/mol. The van der Waals surface area contributed by atoms with Crippen LogP contribution in [0.15, 0.2) is 30.3 Å². The Morgan fingerprint density at radius 2 is 2.00 bits per heavy atom. The van der Waals surface area contributed by atoms with Gasteiger partial charge >= 0.3 is 0 Å². The van der Waals surface area contributed by atoms with Crippen molar-refractivity contribution in [3.05, 3.63) is 35.9 Å². The minimum atomic E-state index is 0.556. The van der Waals surface area contributed by atoms with Gasteiger partial charge in [0.2, 0.25) is 0 Å². The maximum Gasteiger partial charge on any atom is 0.0618 e. The van der Waals surface area contributed by atoms with Crippen LogP contribution in [-0.4, -0.2) is 25.8 Å². The molecule has 0 spiro atoms. The van der Waals surface area contributed by atoms with Crippen molar-refractivity contribution in [2.24, 2.45) is 5.92 Å². The first-order chi connectivity index (χ1) is 8.79. The molecule has 0 heterocycles. The molecule has 0 aliphatic heterocycles. The monoisotopic (exact) mass is 247 g/mol. The van der Waals surface area contributed by atoms with Crippen molar-refractivity contribution in [2.45, 2.75) is 44.7 Å². The van der Waals surface area contributed by atoms with Crippen LogP contribution in [0.25, 0.3) is 0 Å². The van der Waals surface area contributed by atoms with Gasteiger partial charge in [0.05, 0.1) is 6.61 Å². The highest BCUT2D eigenvalue weighted by Crippen LogP contribution is 2.33. The largest absolute Gasteiger partial charge is 0.383 e. The molecule has 2 nitrogen and oxygen atoms in total. The van der Waals surface area contributed by atoms with E-state index in [9.17, 15) is 0 Å². The Morgan fingerprint density at radius 3 is 2.61 bits per heavy atom. The molecule has 2 unspecified atom stereocenters. The van der Waals surface area contributed by atoms with Gasteiger partial charge in [-0.3, -0.25) is 0 Å². The molecule has 0 aromatic heterocycles. The van der Waals surface area contributed by atoms with Gasteiger partial charge in [0.1, 0.15) is 0 Å². The van der Waals surface area contributed by atoms with Crippen LogP contribution in [0.4, 0.5) is 0 Å². The van der Waals surface area contributed by atoms with E-state index < -0.39 is 0 Å². The third-order valence-corrected chi connectivity index (χ3v) is 3.74. The lowest BCUT2D eigenvalue weighted by molar-refractivity contribution is 0.151. The van der Waals surface area contributed by atoms with Gasteiger partial charge in [-0.05, 0) is 44.1 Å². The SMILES string of the molecule is COCC(NC(C)CCc1ccccc1)C1CC1. The van der Waals surface area contributed by atoms with Gasteiger partial charge in [-0.25, -0.2) is 0 Å². The van der Waals surface area contributed by atoms with E-state index >= 15 is 0 Å². The molecule has 0 saturated heterocycles. The van der Waals surface area contributed by atoms with E-state index in [-0.39, 0.29) is 0 Å². The van der Waals surface area contributed by atoms with Gasteiger partial charge in [0.15, 0.2) is 0 Å². The number of methoxy groups -OCH3 is 1. The van der Waals surface area contributed by atoms with E-state index in [1.54, 1.807) is 7.11 Å². The molecule has 1 N–H and O–H groups in total. The Bertz CT molecular complexity index is 334. The second kappa shape index (κ2) is 6.91. The fraction of sp³-hybridized carbons (Fsp3) is 0.625. The summed E-state index contributed by atoms with van der Waals surface area (Å²) in [6.45, 7) is 3.13. The van der Waals surface area contributed by atoms with Crippen molar-refractivity contribution in [3.8, 4) is 0 Å². The predicted molar refractivity (Wildman–Crippen MR) is 75.7 cm³/mol. The first-order valence-corrected chi connectivity index (χ1v) is 7.08. The second-order valence-electron chi connectivity index (χ2n) is 5.49. The summed E-state index contributed by atoms with van der Waals surface area (Å²) in [4.78, 5) is 0. The highest BCUT2D eigenvalue weighted by Gasteiger charge is 2.31. The van der Waals surface area contributed by atoms with Crippen LogP contribution in [0.3, 0.4) is 0 Å². The maximum atomic E-state index is 5.31. The summed E-state index contributed by atoms with van der Waals surface area (Å²) in [5.41, 5.74) is 1.43. The van der Waals surface area contributed by atoms with Crippen LogP contribution in [0, 0.1) is 5.92 Å². The van der Waals surface area contributed by atoms with E-state index in [1.807, 2.05) is 0 Å².